The second kappa shape index (κ2) is 2.77. The van der Waals surface area contributed by atoms with Gasteiger partial charge in [0.05, 0.1) is 12.1 Å². The Morgan fingerprint density at radius 1 is 1.35 bits per heavy atom. The number of nitrogens with two attached hydrogens (primary N) is 1. The lowest BCUT2D eigenvalue weighted by Crippen LogP contribution is -2.80. The van der Waals surface area contributed by atoms with Crippen LogP contribution in [0.2, 0.25) is 0 Å². The highest BCUT2D eigenvalue weighted by atomic mass is 16.2. The minimum Gasteiger partial charge on any atom is -0.330 e. The molecule has 8 heteroatoms. The summed E-state index contributed by atoms with van der Waals surface area (Å²) in [5, 5.41) is 7.24. The molecular formula is C9H11N5O3. The van der Waals surface area contributed by atoms with Crippen LogP contribution in [-0.2, 0) is 4.79 Å². The predicted molar refractivity (Wildman–Crippen MR) is 55.3 cm³/mol. The SMILES string of the molecule is CC1(N)C(=O)NC(=O)NC1C1C=C2NC(=O)N21. The Morgan fingerprint density at radius 3 is 2.65 bits per heavy atom. The van der Waals surface area contributed by atoms with Crippen molar-refractivity contribution in [3.05, 3.63) is 11.9 Å². The summed E-state index contributed by atoms with van der Waals surface area (Å²) in [6.45, 7) is 1.52. The van der Waals surface area contributed by atoms with Crippen LogP contribution >= 0.6 is 0 Å². The second-order valence-electron chi connectivity index (χ2n) is 4.53. The van der Waals surface area contributed by atoms with Gasteiger partial charge in [0.2, 0.25) is 5.91 Å². The highest BCUT2D eigenvalue weighted by Gasteiger charge is 2.55. The fourth-order valence-corrected chi connectivity index (χ4v) is 2.25. The van der Waals surface area contributed by atoms with Crippen molar-refractivity contribution in [2.45, 2.75) is 24.5 Å². The monoisotopic (exact) mass is 237 g/mol. The average molecular weight is 237 g/mol. The molecule has 3 heterocycles. The Hall–Kier alpha value is -2.09. The molecule has 3 atom stereocenters. The number of urea groups is 2. The molecule has 2 saturated heterocycles. The van der Waals surface area contributed by atoms with Crippen molar-refractivity contribution in [2.75, 3.05) is 0 Å². The number of hydrogen-bond acceptors (Lipinski definition) is 4. The molecule has 8 nitrogen and oxygen atoms in total. The van der Waals surface area contributed by atoms with E-state index >= 15 is 0 Å². The first-order valence-electron chi connectivity index (χ1n) is 5.14. The lowest BCUT2D eigenvalue weighted by molar-refractivity contribution is -0.127. The largest absolute Gasteiger partial charge is 0.330 e. The van der Waals surface area contributed by atoms with E-state index < -0.39 is 23.5 Å². The average Bonchev–Trinajstić information content (AvgIpc) is 2.19. The summed E-state index contributed by atoms with van der Waals surface area (Å²) in [6, 6.07) is -1.84. The summed E-state index contributed by atoms with van der Waals surface area (Å²) in [7, 11) is 0. The second-order valence-corrected chi connectivity index (χ2v) is 4.53. The third-order valence-electron chi connectivity index (χ3n) is 3.33. The van der Waals surface area contributed by atoms with Crippen LogP contribution in [0.25, 0.3) is 0 Å². The highest BCUT2D eigenvalue weighted by molar-refractivity contribution is 6.03. The van der Waals surface area contributed by atoms with Crippen molar-refractivity contribution in [3.63, 3.8) is 0 Å². The first-order valence-corrected chi connectivity index (χ1v) is 5.14. The number of fused-ring (bicyclic) bond motifs is 1. The topological polar surface area (TPSA) is 117 Å². The molecule has 3 rings (SSSR count). The normalized spacial score (nSPS) is 39.1. The minimum atomic E-state index is -1.25. The van der Waals surface area contributed by atoms with Gasteiger partial charge in [-0.15, -0.1) is 0 Å². The molecule has 90 valence electrons. The molecule has 3 unspecified atom stereocenters. The third kappa shape index (κ3) is 1.12. The summed E-state index contributed by atoms with van der Waals surface area (Å²) in [5.41, 5.74) is 4.65. The van der Waals surface area contributed by atoms with Gasteiger partial charge in [-0.25, -0.2) is 9.59 Å². The molecule has 5 amide bonds. The number of hydrogen-bond donors (Lipinski definition) is 4. The zero-order chi connectivity index (χ0) is 12.4. The molecule has 3 aliphatic heterocycles. The zero-order valence-corrected chi connectivity index (χ0v) is 8.98. The lowest BCUT2D eigenvalue weighted by atomic mass is 9.81. The summed E-state index contributed by atoms with van der Waals surface area (Å²) in [5.74, 6) is 0.144. The van der Waals surface area contributed by atoms with Gasteiger partial charge in [0, 0.05) is 0 Å². The van der Waals surface area contributed by atoms with E-state index in [1.807, 2.05) is 0 Å². The van der Waals surface area contributed by atoms with Crippen LogP contribution in [0.1, 0.15) is 6.92 Å². The van der Waals surface area contributed by atoms with Gasteiger partial charge >= 0.3 is 12.1 Å². The van der Waals surface area contributed by atoms with E-state index in [0.29, 0.717) is 5.82 Å². The van der Waals surface area contributed by atoms with Crippen LogP contribution in [0.15, 0.2) is 11.9 Å². The predicted octanol–water partition coefficient (Wildman–Crippen LogP) is -1.84. The fraction of sp³-hybridized carbons (Fsp3) is 0.444. The van der Waals surface area contributed by atoms with E-state index in [9.17, 15) is 14.4 Å². The van der Waals surface area contributed by atoms with Crippen LogP contribution in [-0.4, -0.2) is 40.5 Å². The maximum absolute atomic E-state index is 11.6. The van der Waals surface area contributed by atoms with Crippen molar-refractivity contribution in [1.82, 2.24) is 20.9 Å². The third-order valence-corrected chi connectivity index (χ3v) is 3.33. The maximum atomic E-state index is 11.6. The van der Waals surface area contributed by atoms with Gasteiger partial charge in [-0.3, -0.25) is 20.3 Å². The first-order chi connectivity index (χ1) is 7.91. The number of imide groups is 1. The van der Waals surface area contributed by atoms with Crippen LogP contribution < -0.4 is 21.7 Å². The van der Waals surface area contributed by atoms with Crippen LogP contribution in [0.3, 0.4) is 0 Å². The van der Waals surface area contributed by atoms with E-state index in [1.54, 1.807) is 6.08 Å². The molecule has 3 aliphatic rings. The molecule has 17 heavy (non-hydrogen) atoms. The van der Waals surface area contributed by atoms with Gasteiger partial charge in [0.15, 0.2) is 0 Å². The lowest BCUT2D eigenvalue weighted by Gasteiger charge is -2.53. The van der Waals surface area contributed by atoms with E-state index in [1.165, 1.54) is 11.8 Å². The van der Waals surface area contributed by atoms with E-state index in [0.717, 1.165) is 0 Å². The Morgan fingerprint density at radius 2 is 2.06 bits per heavy atom. The molecule has 0 bridgehead atoms. The van der Waals surface area contributed by atoms with Crippen molar-refractivity contribution in [1.29, 1.82) is 0 Å². The maximum Gasteiger partial charge on any atom is 0.329 e. The number of carbonyl (C=O) groups is 3. The van der Waals surface area contributed by atoms with Crippen molar-refractivity contribution in [2.24, 2.45) is 5.73 Å². The summed E-state index contributed by atoms with van der Waals surface area (Å²) in [6.07, 6.45) is 1.76. The van der Waals surface area contributed by atoms with Gasteiger partial charge in [-0.1, -0.05) is 0 Å². The van der Waals surface area contributed by atoms with Gasteiger partial charge in [0.25, 0.3) is 0 Å². The van der Waals surface area contributed by atoms with Crippen molar-refractivity contribution >= 4 is 18.0 Å². The minimum absolute atomic E-state index is 0.247. The van der Waals surface area contributed by atoms with Gasteiger partial charge < -0.3 is 11.1 Å². The molecule has 2 fully saturated rings. The summed E-state index contributed by atoms with van der Waals surface area (Å²) >= 11 is 0. The molecule has 0 spiro atoms. The molecule has 0 aromatic heterocycles. The number of nitrogens with zero attached hydrogens (tertiary/aromatic N) is 1. The van der Waals surface area contributed by atoms with Gasteiger partial charge in [-0.05, 0) is 13.0 Å². The fourth-order valence-electron chi connectivity index (χ4n) is 2.25. The van der Waals surface area contributed by atoms with Crippen LogP contribution in [0.4, 0.5) is 9.59 Å². The van der Waals surface area contributed by atoms with Crippen molar-refractivity contribution in [3.8, 4) is 0 Å². The Labute approximate surface area is 96.2 Å². The van der Waals surface area contributed by atoms with Crippen LogP contribution in [0, 0.1) is 0 Å². The molecule has 0 aromatic carbocycles. The molecule has 0 aliphatic carbocycles. The van der Waals surface area contributed by atoms with Crippen LogP contribution in [0.5, 0.6) is 0 Å². The van der Waals surface area contributed by atoms with Gasteiger partial charge in [0.1, 0.15) is 11.4 Å². The quantitative estimate of drug-likeness (QED) is 0.428. The summed E-state index contributed by atoms with van der Waals surface area (Å²) < 4.78 is 0. The Balaban J connectivity index is 1.89. The first kappa shape index (κ1) is 10.1. The standard InChI is InChI=1S/C9H11N5O3/c1-9(10)5(12-7(16)13-6(9)15)3-2-4-11-8(17)14(3)4/h2-3,5H,10H2,1H3,(H,11,17)(H2,12,13,15,16). The highest BCUT2D eigenvalue weighted by Crippen LogP contribution is 2.33. The molecule has 0 aromatic rings. The van der Waals surface area contributed by atoms with E-state index in [4.69, 9.17) is 5.73 Å². The number of amides is 5. The number of nitrogens with one attached hydrogen (secondary N) is 3. The zero-order valence-electron chi connectivity index (χ0n) is 8.98. The molecule has 0 saturated carbocycles. The number of carbonyl (C=O) groups excluding carboxylic acids is 3. The number of rotatable bonds is 1. The summed E-state index contributed by atoms with van der Waals surface area (Å²) in [4.78, 5) is 35.6. The Bertz CT molecular complexity index is 483. The van der Waals surface area contributed by atoms with E-state index in [-0.39, 0.29) is 12.1 Å². The Kier molecular flexibility index (Phi) is 1.65. The van der Waals surface area contributed by atoms with E-state index in [2.05, 4.69) is 16.0 Å². The molecule has 5 N–H and O–H groups in total. The van der Waals surface area contributed by atoms with Crippen molar-refractivity contribution < 1.29 is 14.4 Å². The molecular weight excluding hydrogens is 226 g/mol. The van der Waals surface area contributed by atoms with Gasteiger partial charge in [-0.2, -0.15) is 0 Å². The smallest absolute Gasteiger partial charge is 0.329 e. The molecule has 0 radical (unpaired) electrons.